The van der Waals surface area contributed by atoms with Gasteiger partial charge in [-0.3, -0.25) is 5.10 Å². The van der Waals surface area contributed by atoms with Gasteiger partial charge < -0.3 is 24.3 Å². The predicted molar refractivity (Wildman–Crippen MR) is 112 cm³/mol. The Labute approximate surface area is 172 Å². The highest BCUT2D eigenvalue weighted by Crippen LogP contribution is 2.45. The minimum Gasteiger partial charge on any atom is -0.504 e. The number of fused-ring (bicyclic) bond motifs is 1. The monoisotopic (exact) mass is 406 g/mol. The molecule has 3 N–H and O–H groups in total. The number of nitrogens with one attached hydrogen (secondary N) is 1. The molecule has 1 aliphatic heterocycles. The number of benzene rings is 2. The molecule has 8 heteroatoms. The fraction of sp³-hybridized carbons (Fsp3) is 0.273. The molecule has 0 aliphatic carbocycles. The van der Waals surface area contributed by atoms with Gasteiger partial charge in [0.15, 0.2) is 11.5 Å². The first-order valence-electron chi connectivity index (χ1n) is 9.63. The summed E-state index contributed by atoms with van der Waals surface area (Å²) < 4.78 is 13.0. The van der Waals surface area contributed by atoms with E-state index in [2.05, 4.69) is 27.8 Å². The second-order valence-corrected chi connectivity index (χ2v) is 7.90. The SMILES string of the molecule is COc1cc(-c2nc3ccc(-c4cn[nH]c4)cc3n2C2(C)COC2)c(C)c(O)c1O. The molecule has 5 rings (SSSR count). The molecule has 3 heterocycles. The lowest BCUT2D eigenvalue weighted by Crippen LogP contribution is -2.49. The van der Waals surface area contributed by atoms with Gasteiger partial charge in [-0.15, -0.1) is 0 Å². The van der Waals surface area contributed by atoms with Crippen molar-refractivity contribution in [2.24, 2.45) is 0 Å². The van der Waals surface area contributed by atoms with Crippen LogP contribution in [0.15, 0.2) is 36.7 Å². The Balaban J connectivity index is 1.81. The van der Waals surface area contributed by atoms with Crippen molar-refractivity contribution >= 4 is 11.0 Å². The summed E-state index contributed by atoms with van der Waals surface area (Å²) in [6.45, 7) is 4.99. The van der Waals surface area contributed by atoms with E-state index in [9.17, 15) is 10.2 Å². The second-order valence-electron chi connectivity index (χ2n) is 7.90. The minimum absolute atomic E-state index is 0.195. The molecule has 4 aromatic rings. The fourth-order valence-corrected chi connectivity index (χ4v) is 4.03. The number of phenols is 2. The van der Waals surface area contributed by atoms with Gasteiger partial charge >= 0.3 is 0 Å². The van der Waals surface area contributed by atoms with Crippen LogP contribution in [0.1, 0.15) is 12.5 Å². The van der Waals surface area contributed by atoms with Crippen molar-refractivity contribution in [3.05, 3.63) is 42.2 Å². The first-order chi connectivity index (χ1) is 14.4. The van der Waals surface area contributed by atoms with Crippen molar-refractivity contribution in [3.8, 4) is 39.8 Å². The molecule has 30 heavy (non-hydrogen) atoms. The molecule has 1 aliphatic rings. The lowest BCUT2D eigenvalue weighted by atomic mass is 9.97. The number of hydrogen-bond donors (Lipinski definition) is 3. The van der Waals surface area contributed by atoms with Crippen LogP contribution in [0.25, 0.3) is 33.5 Å². The Morgan fingerprint density at radius 3 is 2.60 bits per heavy atom. The Hall–Kier alpha value is -3.52. The van der Waals surface area contributed by atoms with Crippen LogP contribution in [0.5, 0.6) is 17.2 Å². The summed E-state index contributed by atoms with van der Waals surface area (Å²) in [5.74, 6) is 0.394. The van der Waals surface area contributed by atoms with Crippen LogP contribution in [-0.2, 0) is 10.3 Å². The number of ether oxygens (including phenoxy) is 2. The van der Waals surface area contributed by atoms with E-state index < -0.39 is 0 Å². The van der Waals surface area contributed by atoms with Crippen LogP contribution >= 0.6 is 0 Å². The van der Waals surface area contributed by atoms with Gasteiger partial charge in [-0.25, -0.2) is 4.98 Å². The molecule has 1 fully saturated rings. The van der Waals surface area contributed by atoms with Crippen molar-refractivity contribution in [1.82, 2.24) is 19.7 Å². The van der Waals surface area contributed by atoms with E-state index in [0.717, 1.165) is 22.2 Å². The Kier molecular flexibility index (Phi) is 4.01. The third-order valence-corrected chi connectivity index (χ3v) is 5.81. The number of aromatic hydroxyl groups is 2. The zero-order chi connectivity index (χ0) is 21.0. The molecule has 0 amide bonds. The van der Waals surface area contributed by atoms with Gasteiger partial charge in [0.05, 0.1) is 43.1 Å². The van der Waals surface area contributed by atoms with E-state index in [-0.39, 0.29) is 22.8 Å². The standard InChI is InChI=1S/C22H22N4O4/c1-12-15(7-18(29-3)20(28)19(12)27)21-25-16-5-4-13(14-8-23-24-9-14)6-17(16)26(21)22(2)10-30-11-22/h4-9,27-28H,10-11H2,1-3H3,(H,23,24). The van der Waals surface area contributed by atoms with Gasteiger partial charge in [-0.2, -0.15) is 5.10 Å². The maximum absolute atomic E-state index is 10.5. The summed E-state index contributed by atoms with van der Waals surface area (Å²) in [6.07, 6.45) is 3.63. The number of rotatable bonds is 4. The van der Waals surface area contributed by atoms with E-state index in [1.54, 1.807) is 19.2 Å². The summed E-state index contributed by atoms with van der Waals surface area (Å²) >= 11 is 0. The zero-order valence-electron chi connectivity index (χ0n) is 16.9. The predicted octanol–water partition coefficient (Wildman–Crippen LogP) is 3.57. The molecule has 8 nitrogen and oxygen atoms in total. The van der Waals surface area contributed by atoms with E-state index in [1.165, 1.54) is 7.11 Å². The minimum atomic E-state index is -0.285. The van der Waals surface area contributed by atoms with E-state index in [0.29, 0.717) is 30.2 Å². The summed E-state index contributed by atoms with van der Waals surface area (Å²) in [7, 11) is 1.45. The van der Waals surface area contributed by atoms with Gasteiger partial charge in [0.1, 0.15) is 5.82 Å². The maximum Gasteiger partial charge on any atom is 0.200 e. The number of H-pyrrole nitrogens is 1. The van der Waals surface area contributed by atoms with Gasteiger partial charge in [0.25, 0.3) is 0 Å². The van der Waals surface area contributed by atoms with Crippen molar-refractivity contribution < 1.29 is 19.7 Å². The van der Waals surface area contributed by atoms with E-state index in [1.807, 2.05) is 18.3 Å². The normalized spacial score (nSPS) is 15.3. The van der Waals surface area contributed by atoms with Crippen LogP contribution in [-0.4, -0.2) is 50.3 Å². The highest BCUT2D eigenvalue weighted by Gasteiger charge is 2.39. The molecular formula is C22H22N4O4. The highest BCUT2D eigenvalue weighted by molar-refractivity contribution is 5.87. The third kappa shape index (κ3) is 2.57. The average molecular weight is 406 g/mol. The number of aromatic amines is 1. The molecule has 0 spiro atoms. The lowest BCUT2D eigenvalue weighted by Gasteiger charge is -2.41. The lowest BCUT2D eigenvalue weighted by molar-refractivity contribution is -0.0868. The van der Waals surface area contributed by atoms with Crippen molar-refractivity contribution in [2.75, 3.05) is 20.3 Å². The first-order valence-corrected chi connectivity index (χ1v) is 9.63. The summed E-state index contributed by atoms with van der Waals surface area (Å²) in [5.41, 5.74) is 4.74. The van der Waals surface area contributed by atoms with Crippen molar-refractivity contribution in [2.45, 2.75) is 19.4 Å². The third-order valence-electron chi connectivity index (χ3n) is 5.81. The highest BCUT2D eigenvalue weighted by atomic mass is 16.5. The van der Waals surface area contributed by atoms with Gasteiger partial charge in [0.2, 0.25) is 5.75 Å². The fourth-order valence-electron chi connectivity index (χ4n) is 4.03. The Bertz CT molecular complexity index is 1260. The first kappa shape index (κ1) is 18.5. The number of aromatic nitrogens is 4. The average Bonchev–Trinajstić information content (AvgIpc) is 3.38. The van der Waals surface area contributed by atoms with Crippen LogP contribution in [0.2, 0.25) is 0 Å². The van der Waals surface area contributed by atoms with Crippen molar-refractivity contribution in [3.63, 3.8) is 0 Å². The quantitative estimate of drug-likeness (QED) is 0.448. The molecule has 0 radical (unpaired) electrons. The van der Waals surface area contributed by atoms with Crippen LogP contribution in [0.4, 0.5) is 0 Å². The topological polar surface area (TPSA) is 105 Å². The van der Waals surface area contributed by atoms with Gasteiger partial charge in [0, 0.05) is 22.9 Å². The Morgan fingerprint density at radius 2 is 1.97 bits per heavy atom. The smallest absolute Gasteiger partial charge is 0.200 e. The second kappa shape index (κ2) is 6.50. The molecule has 2 aromatic carbocycles. The maximum atomic E-state index is 10.5. The van der Waals surface area contributed by atoms with Crippen LogP contribution in [0, 0.1) is 6.92 Å². The number of nitrogens with zero attached hydrogens (tertiary/aromatic N) is 3. The molecule has 0 bridgehead atoms. The number of hydrogen-bond acceptors (Lipinski definition) is 6. The number of methoxy groups -OCH3 is 1. The summed E-state index contributed by atoms with van der Waals surface area (Å²) in [6, 6.07) is 7.79. The summed E-state index contributed by atoms with van der Waals surface area (Å²) in [5, 5.41) is 27.5. The Morgan fingerprint density at radius 1 is 1.17 bits per heavy atom. The van der Waals surface area contributed by atoms with Gasteiger partial charge in [-0.05, 0) is 37.6 Å². The molecule has 154 valence electrons. The molecule has 0 atom stereocenters. The molecule has 2 aromatic heterocycles. The molecule has 0 unspecified atom stereocenters. The molecule has 1 saturated heterocycles. The molecule has 0 saturated carbocycles. The van der Waals surface area contributed by atoms with Crippen molar-refractivity contribution in [1.29, 1.82) is 0 Å². The largest absolute Gasteiger partial charge is 0.504 e. The van der Waals surface area contributed by atoms with Crippen LogP contribution < -0.4 is 4.74 Å². The number of phenolic OH excluding ortho intramolecular Hbond substituents is 2. The van der Waals surface area contributed by atoms with Gasteiger partial charge in [-0.1, -0.05) is 6.07 Å². The summed E-state index contributed by atoms with van der Waals surface area (Å²) in [4.78, 5) is 4.90. The zero-order valence-corrected chi connectivity index (χ0v) is 16.9. The van der Waals surface area contributed by atoms with Crippen LogP contribution in [0.3, 0.4) is 0 Å². The molecular weight excluding hydrogens is 384 g/mol. The number of imidazole rings is 1. The van der Waals surface area contributed by atoms with E-state index >= 15 is 0 Å². The van der Waals surface area contributed by atoms with E-state index in [4.69, 9.17) is 14.5 Å².